The highest BCUT2D eigenvalue weighted by molar-refractivity contribution is 5.90. The predicted octanol–water partition coefficient (Wildman–Crippen LogP) is 3.09. The van der Waals surface area contributed by atoms with E-state index in [0.717, 1.165) is 13.8 Å². The van der Waals surface area contributed by atoms with E-state index in [4.69, 9.17) is 18.9 Å². The van der Waals surface area contributed by atoms with E-state index in [2.05, 4.69) is 0 Å². The van der Waals surface area contributed by atoms with Gasteiger partial charge in [-0.3, -0.25) is 4.79 Å². The van der Waals surface area contributed by atoms with E-state index in [1.807, 2.05) is 0 Å². The number of halogens is 1. The van der Waals surface area contributed by atoms with E-state index in [-0.39, 0.29) is 5.56 Å². The molecular formula is C22H21FO7. The van der Waals surface area contributed by atoms with Gasteiger partial charge in [0.25, 0.3) is 0 Å². The van der Waals surface area contributed by atoms with Crippen LogP contribution in [0.15, 0.2) is 60.7 Å². The van der Waals surface area contributed by atoms with Crippen LogP contribution in [0.5, 0.6) is 0 Å². The lowest BCUT2D eigenvalue weighted by Gasteiger charge is -2.26. The molecule has 0 bridgehead atoms. The van der Waals surface area contributed by atoms with Crippen LogP contribution in [-0.2, 0) is 23.7 Å². The first-order chi connectivity index (χ1) is 14.3. The van der Waals surface area contributed by atoms with Crippen LogP contribution in [0.3, 0.4) is 0 Å². The summed E-state index contributed by atoms with van der Waals surface area (Å²) in [6.45, 7) is 1.80. The molecule has 1 heterocycles. The Bertz CT molecular complexity index is 898. The number of hydrogen-bond acceptors (Lipinski definition) is 7. The normalized spacial score (nSPS) is 25.4. The fourth-order valence-corrected chi connectivity index (χ4v) is 3.05. The van der Waals surface area contributed by atoms with Crippen molar-refractivity contribution in [1.29, 1.82) is 0 Å². The van der Waals surface area contributed by atoms with Crippen molar-refractivity contribution in [2.45, 2.75) is 38.0 Å². The van der Waals surface area contributed by atoms with E-state index in [0.29, 0.717) is 5.56 Å². The highest BCUT2D eigenvalue weighted by atomic mass is 19.1. The van der Waals surface area contributed by atoms with Crippen LogP contribution < -0.4 is 0 Å². The number of carbonyl (C=O) groups excluding carboxylic acids is 3. The highest BCUT2D eigenvalue weighted by Crippen LogP contribution is 2.38. The molecule has 158 valence electrons. The molecule has 1 aliphatic heterocycles. The molecule has 0 amide bonds. The van der Waals surface area contributed by atoms with Gasteiger partial charge in [0.2, 0.25) is 12.0 Å². The fourth-order valence-electron chi connectivity index (χ4n) is 3.05. The molecule has 7 nitrogen and oxygen atoms in total. The number of ether oxygens (including phenoxy) is 4. The third-order valence-electron chi connectivity index (χ3n) is 4.56. The zero-order valence-electron chi connectivity index (χ0n) is 16.4. The van der Waals surface area contributed by atoms with Crippen molar-refractivity contribution in [2.24, 2.45) is 0 Å². The summed E-state index contributed by atoms with van der Waals surface area (Å²) in [4.78, 5) is 36.0. The first-order valence-corrected chi connectivity index (χ1v) is 9.29. The maximum atomic E-state index is 15.5. The fraction of sp³-hybridized carbons (Fsp3) is 0.318. The van der Waals surface area contributed by atoms with E-state index >= 15 is 4.39 Å². The Kier molecular flexibility index (Phi) is 6.47. The summed E-state index contributed by atoms with van der Waals surface area (Å²) in [5, 5.41) is 0. The number of alkyl halides is 1. The summed E-state index contributed by atoms with van der Waals surface area (Å²) in [6.07, 6.45) is -4.27. The molecule has 2 aromatic carbocycles. The summed E-state index contributed by atoms with van der Waals surface area (Å²) < 4.78 is 36.4. The molecular weight excluding hydrogens is 395 g/mol. The van der Waals surface area contributed by atoms with Gasteiger partial charge >= 0.3 is 17.9 Å². The zero-order valence-corrected chi connectivity index (χ0v) is 16.4. The van der Waals surface area contributed by atoms with Crippen LogP contribution in [0, 0.1) is 0 Å². The Labute approximate surface area is 172 Å². The average Bonchev–Trinajstić information content (AvgIpc) is 2.96. The van der Waals surface area contributed by atoms with E-state index in [1.165, 1.54) is 12.1 Å². The summed E-state index contributed by atoms with van der Waals surface area (Å²) in [7, 11) is 0. The van der Waals surface area contributed by atoms with Crippen LogP contribution in [0.4, 0.5) is 4.39 Å². The summed E-state index contributed by atoms with van der Waals surface area (Å²) in [6, 6.07) is 16.2. The lowest BCUT2D eigenvalue weighted by atomic mass is 9.99. The van der Waals surface area contributed by atoms with Crippen molar-refractivity contribution in [1.82, 2.24) is 0 Å². The topological polar surface area (TPSA) is 88.1 Å². The van der Waals surface area contributed by atoms with Gasteiger partial charge in [0.05, 0.1) is 11.1 Å². The molecule has 0 aromatic heterocycles. The van der Waals surface area contributed by atoms with Gasteiger partial charge in [-0.25, -0.2) is 14.0 Å². The standard InChI is InChI=1S/C22H21FO7/c1-14(24)28-21-22(2,23)18(30-20(26)16-11-7-4-8-12-16)17(29-21)13-27-19(25)15-9-5-3-6-10-15/h3-12,17-18,21H,13H2,1-2H3/t17?,18-,21?,22-/m1/s1. The summed E-state index contributed by atoms with van der Waals surface area (Å²) in [5.41, 5.74) is -1.85. The summed E-state index contributed by atoms with van der Waals surface area (Å²) >= 11 is 0. The molecule has 3 rings (SSSR count). The maximum Gasteiger partial charge on any atom is 0.338 e. The lowest BCUT2D eigenvalue weighted by Crippen LogP contribution is -2.46. The Morgan fingerprint density at radius 2 is 1.47 bits per heavy atom. The monoisotopic (exact) mass is 416 g/mol. The van der Waals surface area contributed by atoms with Gasteiger partial charge in [-0.05, 0) is 31.2 Å². The largest absolute Gasteiger partial charge is 0.459 e. The van der Waals surface area contributed by atoms with Crippen molar-refractivity contribution in [3.05, 3.63) is 71.8 Å². The van der Waals surface area contributed by atoms with Crippen LogP contribution in [0.25, 0.3) is 0 Å². The van der Waals surface area contributed by atoms with Gasteiger partial charge < -0.3 is 18.9 Å². The quantitative estimate of drug-likeness (QED) is 0.528. The second-order valence-electron chi connectivity index (χ2n) is 6.92. The van der Waals surface area contributed by atoms with E-state index in [1.54, 1.807) is 48.5 Å². The molecule has 2 unspecified atom stereocenters. The van der Waals surface area contributed by atoms with Gasteiger partial charge in [-0.2, -0.15) is 0 Å². The molecule has 0 spiro atoms. The molecule has 1 saturated heterocycles. The lowest BCUT2D eigenvalue weighted by molar-refractivity contribution is -0.193. The highest BCUT2D eigenvalue weighted by Gasteiger charge is 2.59. The van der Waals surface area contributed by atoms with Crippen molar-refractivity contribution >= 4 is 17.9 Å². The van der Waals surface area contributed by atoms with Crippen LogP contribution in [0.2, 0.25) is 0 Å². The third kappa shape index (κ3) is 4.83. The first kappa shape index (κ1) is 21.4. The summed E-state index contributed by atoms with van der Waals surface area (Å²) in [5.74, 6) is -2.20. The first-order valence-electron chi connectivity index (χ1n) is 9.29. The molecule has 4 atom stereocenters. The van der Waals surface area contributed by atoms with Crippen LogP contribution >= 0.6 is 0 Å². The number of hydrogen-bond donors (Lipinski definition) is 0. The van der Waals surface area contributed by atoms with Crippen molar-refractivity contribution in [3.8, 4) is 0 Å². The smallest absolute Gasteiger partial charge is 0.338 e. The predicted molar refractivity (Wildman–Crippen MR) is 102 cm³/mol. The maximum absolute atomic E-state index is 15.5. The van der Waals surface area contributed by atoms with Crippen LogP contribution in [-0.4, -0.2) is 48.7 Å². The molecule has 0 aliphatic carbocycles. The minimum atomic E-state index is -2.36. The number of carbonyl (C=O) groups is 3. The van der Waals surface area contributed by atoms with Gasteiger partial charge in [0, 0.05) is 6.92 Å². The SMILES string of the molecule is CC(=O)OC1OC(COC(=O)c2ccccc2)[C@@H](OC(=O)c2ccccc2)[C@@]1(C)F. The van der Waals surface area contributed by atoms with E-state index in [9.17, 15) is 14.4 Å². The number of rotatable bonds is 6. The molecule has 0 saturated carbocycles. The van der Waals surface area contributed by atoms with Gasteiger partial charge in [-0.1, -0.05) is 36.4 Å². The Balaban J connectivity index is 1.76. The Hall–Kier alpha value is -3.26. The van der Waals surface area contributed by atoms with E-state index < -0.39 is 48.7 Å². The second-order valence-corrected chi connectivity index (χ2v) is 6.92. The Morgan fingerprint density at radius 1 is 0.933 bits per heavy atom. The molecule has 30 heavy (non-hydrogen) atoms. The van der Waals surface area contributed by atoms with Gasteiger partial charge in [-0.15, -0.1) is 0 Å². The zero-order chi connectivity index (χ0) is 21.7. The van der Waals surface area contributed by atoms with Crippen molar-refractivity contribution in [2.75, 3.05) is 6.61 Å². The van der Waals surface area contributed by atoms with Crippen molar-refractivity contribution < 1.29 is 37.7 Å². The van der Waals surface area contributed by atoms with Gasteiger partial charge in [0.1, 0.15) is 12.7 Å². The van der Waals surface area contributed by atoms with Crippen LogP contribution in [0.1, 0.15) is 34.6 Å². The molecule has 0 N–H and O–H groups in total. The Morgan fingerprint density at radius 3 is 2.00 bits per heavy atom. The molecule has 2 aromatic rings. The molecule has 0 radical (unpaired) electrons. The molecule has 1 fully saturated rings. The second kappa shape index (κ2) is 9.04. The minimum Gasteiger partial charge on any atom is -0.459 e. The number of benzene rings is 2. The molecule has 8 heteroatoms. The third-order valence-corrected chi connectivity index (χ3v) is 4.56. The van der Waals surface area contributed by atoms with Crippen molar-refractivity contribution in [3.63, 3.8) is 0 Å². The molecule has 1 aliphatic rings. The minimum absolute atomic E-state index is 0.212. The number of esters is 3. The van der Waals surface area contributed by atoms with Gasteiger partial charge in [0.15, 0.2) is 6.10 Å². The average molecular weight is 416 g/mol.